The highest BCUT2D eigenvalue weighted by Gasteiger charge is 2.43. The molecule has 0 bridgehead atoms. The van der Waals surface area contributed by atoms with Crippen LogP contribution in [0.5, 0.6) is 0 Å². The quantitative estimate of drug-likeness (QED) is 0.305. The number of esters is 2. The molecule has 0 amide bonds. The van der Waals surface area contributed by atoms with Gasteiger partial charge in [-0.1, -0.05) is 0 Å². The number of fused-ring (bicyclic) bond motifs is 3. The third kappa shape index (κ3) is 5.30. The van der Waals surface area contributed by atoms with Crippen LogP contribution in [0.25, 0.3) is 11.3 Å². The number of ether oxygens (including phenoxy) is 1. The molecule has 0 aromatic carbocycles. The van der Waals surface area contributed by atoms with E-state index < -0.39 is 18.1 Å². The summed E-state index contributed by atoms with van der Waals surface area (Å²) in [5.41, 5.74) is 3.71. The van der Waals surface area contributed by atoms with E-state index in [9.17, 15) is 22.8 Å². The fraction of sp³-hybridized carbons (Fsp3) is 0.348. The van der Waals surface area contributed by atoms with Crippen molar-refractivity contribution in [2.45, 2.75) is 38.4 Å². The number of nitrogens with one attached hydrogen (secondary N) is 1. The Balaban J connectivity index is 1.48. The topological polar surface area (TPSA) is 99.0 Å². The predicted octanol–water partition coefficient (Wildman–Crippen LogP) is 2.91. The van der Waals surface area contributed by atoms with Gasteiger partial charge in [-0.3, -0.25) is 14.6 Å². The normalized spacial score (nSPS) is 12.7. The molecule has 1 aliphatic carbocycles. The van der Waals surface area contributed by atoms with Crippen molar-refractivity contribution in [1.29, 1.82) is 0 Å². The number of aromatic nitrogens is 4. The maximum Gasteiger partial charge on any atom is 0.491 e. The van der Waals surface area contributed by atoms with Gasteiger partial charge in [-0.25, -0.2) is 9.59 Å². The second-order valence-electron chi connectivity index (χ2n) is 7.82. The largest absolute Gasteiger partial charge is 0.491 e. The van der Waals surface area contributed by atoms with Gasteiger partial charge >= 0.3 is 18.1 Å². The Morgan fingerprint density at radius 1 is 1.06 bits per heavy atom. The lowest BCUT2D eigenvalue weighted by Crippen LogP contribution is -2.29. The van der Waals surface area contributed by atoms with E-state index >= 15 is 0 Å². The summed E-state index contributed by atoms with van der Waals surface area (Å²) in [6.07, 6.45) is 3.79. The van der Waals surface area contributed by atoms with Crippen LogP contribution in [0.2, 0.25) is 0 Å². The number of carbonyl (C=O) groups excluding carboxylic acids is 2. The molecule has 0 fully saturated rings. The fourth-order valence-corrected chi connectivity index (χ4v) is 3.91. The first kappa shape index (κ1) is 23.6. The van der Waals surface area contributed by atoms with Crippen molar-refractivity contribution in [1.82, 2.24) is 25.1 Å². The van der Waals surface area contributed by atoms with E-state index in [1.807, 2.05) is 12.1 Å². The highest BCUT2D eigenvalue weighted by molar-refractivity contribution is 5.99. The van der Waals surface area contributed by atoms with E-state index in [2.05, 4.69) is 25.1 Å². The highest BCUT2D eigenvalue weighted by atomic mass is 19.4. The van der Waals surface area contributed by atoms with Crippen LogP contribution in [-0.2, 0) is 35.3 Å². The molecular weight excluding hydrogens is 451 g/mol. The van der Waals surface area contributed by atoms with Gasteiger partial charge in [-0.2, -0.15) is 18.3 Å². The molecule has 4 rings (SSSR count). The first-order valence-corrected chi connectivity index (χ1v) is 10.8. The Kier molecular flexibility index (Phi) is 7.01. The monoisotopic (exact) mass is 473 g/mol. The Morgan fingerprint density at radius 3 is 2.59 bits per heavy atom. The fourth-order valence-electron chi connectivity index (χ4n) is 3.91. The Labute approximate surface area is 193 Å². The van der Waals surface area contributed by atoms with E-state index in [1.54, 1.807) is 30.9 Å². The smallest absolute Gasteiger partial charge is 0.381 e. The zero-order valence-corrected chi connectivity index (χ0v) is 18.1. The number of alkyl halides is 3. The average molecular weight is 473 g/mol. The number of hydrogen-bond donors (Lipinski definition) is 1. The summed E-state index contributed by atoms with van der Waals surface area (Å²) >= 11 is 0. The number of pyridine rings is 2. The van der Waals surface area contributed by atoms with Gasteiger partial charge in [-0.15, -0.1) is 0 Å². The van der Waals surface area contributed by atoms with E-state index in [4.69, 9.17) is 0 Å². The molecule has 11 heteroatoms. The summed E-state index contributed by atoms with van der Waals surface area (Å²) in [5.74, 6) is -3.89. The van der Waals surface area contributed by atoms with Crippen molar-refractivity contribution < 1.29 is 27.5 Å². The average Bonchev–Trinajstić information content (AvgIpc) is 3.20. The van der Waals surface area contributed by atoms with Crippen molar-refractivity contribution >= 4 is 11.9 Å². The van der Waals surface area contributed by atoms with Gasteiger partial charge in [0.05, 0.1) is 5.69 Å². The van der Waals surface area contributed by atoms with E-state index in [0.717, 1.165) is 29.7 Å². The zero-order valence-electron chi connectivity index (χ0n) is 18.1. The molecule has 0 aliphatic heterocycles. The Morgan fingerprint density at radius 2 is 1.82 bits per heavy atom. The van der Waals surface area contributed by atoms with Gasteiger partial charge in [0.2, 0.25) is 0 Å². The summed E-state index contributed by atoms with van der Waals surface area (Å²) in [6, 6.07) is 5.62. The van der Waals surface area contributed by atoms with Crippen LogP contribution >= 0.6 is 0 Å². The molecule has 34 heavy (non-hydrogen) atoms. The minimum atomic E-state index is -5.27. The number of carbonyl (C=O) groups is 2. The molecule has 0 saturated carbocycles. The second kappa shape index (κ2) is 10.1. The summed E-state index contributed by atoms with van der Waals surface area (Å²) in [6.45, 7) is 1.60. The van der Waals surface area contributed by atoms with Crippen molar-refractivity contribution in [3.63, 3.8) is 0 Å². The van der Waals surface area contributed by atoms with Gasteiger partial charge in [-0.05, 0) is 68.1 Å². The van der Waals surface area contributed by atoms with Crippen molar-refractivity contribution in [2.24, 2.45) is 0 Å². The third-order valence-electron chi connectivity index (χ3n) is 5.53. The molecule has 1 N–H and O–H groups in total. The molecule has 3 heterocycles. The van der Waals surface area contributed by atoms with Gasteiger partial charge in [0.25, 0.3) is 0 Å². The molecule has 0 spiro atoms. The first-order valence-electron chi connectivity index (χ1n) is 10.8. The highest BCUT2D eigenvalue weighted by Crippen LogP contribution is 2.34. The maximum atomic E-state index is 12.7. The van der Waals surface area contributed by atoms with Crippen LogP contribution < -0.4 is 5.32 Å². The summed E-state index contributed by atoms with van der Waals surface area (Å²) < 4.78 is 43.5. The minimum Gasteiger partial charge on any atom is -0.381 e. The van der Waals surface area contributed by atoms with Gasteiger partial charge in [0, 0.05) is 42.5 Å². The standard InChI is InChI=1S/C23H22F3N5O3/c24-23(25,26)22(33)34-21(32)20-18-3-2-16-14-29-12-7-17(16)19(18)30-31(20)13-1-8-27-9-4-15-5-10-28-11-6-15/h5-7,10-12,14,27H,1-4,8-9,13H2. The molecule has 0 saturated heterocycles. The van der Waals surface area contributed by atoms with E-state index in [0.29, 0.717) is 37.1 Å². The third-order valence-corrected chi connectivity index (χ3v) is 5.53. The lowest BCUT2D eigenvalue weighted by Gasteiger charge is -2.15. The van der Waals surface area contributed by atoms with Crippen LogP contribution in [-0.4, -0.2) is 51.0 Å². The predicted molar refractivity (Wildman–Crippen MR) is 115 cm³/mol. The molecule has 0 unspecified atom stereocenters. The number of rotatable bonds is 8. The lowest BCUT2D eigenvalue weighted by molar-refractivity contribution is -0.193. The SMILES string of the molecule is O=C(OC(=O)C(F)(F)F)c1c2c(nn1CCCNCCc1ccncc1)-c1ccncc1CC2. The van der Waals surface area contributed by atoms with E-state index in [-0.39, 0.29) is 12.2 Å². The van der Waals surface area contributed by atoms with Crippen LogP contribution in [0.4, 0.5) is 13.2 Å². The minimum absolute atomic E-state index is 0.119. The number of hydrogen-bond acceptors (Lipinski definition) is 7. The number of halogens is 3. The Hall–Kier alpha value is -3.60. The molecule has 0 atom stereocenters. The number of nitrogens with zero attached hydrogens (tertiary/aromatic N) is 4. The first-order chi connectivity index (χ1) is 16.3. The molecule has 178 valence electrons. The maximum absolute atomic E-state index is 12.7. The number of aryl methyl sites for hydroxylation is 2. The van der Waals surface area contributed by atoms with Crippen molar-refractivity contribution in [3.8, 4) is 11.3 Å². The van der Waals surface area contributed by atoms with Crippen LogP contribution in [0.1, 0.15) is 33.6 Å². The zero-order chi connectivity index (χ0) is 24.1. The lowest BCUT2D eigenvalue weighted by atomic mass is 9.90. The second-order valence-corrected chi connectivity index (χ2v) is 7.82. The molecule has 3 aromatic heterocycles. The molecular formula is C23H22F3N5O3. The van der Waals surface area contributed by atoms with Gasteiger partial charge in [0.1, 0.15) is 0 Å². The summed E-state index contributed by atoms with van der Waals surface area (Å²) in [7, 11) is 0. The Bertz CT molecular complexity index is 1180. The van der Waals surface area contributed by atoms with E-state index in [1.165, 1.54) is 4.68 Å². The van der Waals surface area contributed by atoms with Crippen LogP contribution in [0, 0.1) is 0 Å². The summed E-state index contributed by atoms with van der Waals surface area (Å²) in [5, 5.41) is 7.80. The molecule has 1 aliphatic rings. The van der Waals surface area contributed by atoms with Crippen LogP contribution in [0.3, 0.4) is 0 Å². The van der Waals surface area contributed by atoms with Crippen molar-refractivity contribution in [2.75, 3.05) is 13.1 Å². The summed E-state index contributed by atoms with van der Waals surface area (Å²) in [4.78, 5) is 32.0. The van der Waals surface area contributed by atoms with Crippen LogP contribution in [0.15, 0.2) is 43.0 Å². The van der Waals surface area contributed by atoms with Gasteiger partial charge in [0.15, 0.2) is 5.69 Å². The van der Waals surface area contributed by atoms with Crippen molar-refractivity contribution in [3.05, 3.63) is 65.4 Å². The molecule has 0 radical (unpaired) electrons. The van der Waals surface area contributed by atoms with Gasteiger partial charge < -0.3 is 10.1 Å². The molecule has 8 nitrogen and oxygen atoms in total. The molecule has 3 aromatic rings.